The van der Waals surface area contributed by atoms with Crippen molar-refractivity contribution in [3.05, 3.63) is 35.9 Å². The lowest BCUT2D eigenvalue weighted by atomic mass is 10.1. The molecule has 1 aromatic carbocycles. The minimum atomic E-state index is -0.147. The van der Waals surface area contributed by atoms with E-state index in [1.54, 1.807) is 0 Å². The number of hydrogen-bond acceptors (Lipinski definition) is 2. The van der Waals surface area contributed by atoms with Gasteiger partial charge in [-0.1, -0.05) is 30.3 Å². The third-order valence-corrected chi connectivity index (χ3v) is 2.42. The summed E-state index contributed by atoms with van der Waals surface area (Å²) < 4.78 is 4.58. The summed E-state index contributed by atoms with van der Waals surface area (Å²) in [5.74, 6) is -0.147. The van der Waals surface area contributed by atoms with Crippen LogP contribution >= 0.6 is 0 Å². The van der Waals surface area contributed by atoms with Crippen LogP contribution in [0.4, 0.5) is 0 Å². The summed E-state index contributed by atoms with van der Waals surface area (Å²) in [5.41, 5.74) is 1.28. The minimum absolute atomic E-state index is 0.147. The highest BCUT2D eigenvalue weighted by molar-refractivity contribution is 5.69. The van der Waals surface area contributed by atoms with E-state index in [0.717, 1.165) is 6.54 Å². The summed E-state index contributed by atoms with van der Waals surface area (Å²) in [6, 6.07) is 10.6. The summed E-state index contributed by atoms with van der Waals surface area (Å²) in [4.78, 5) is 10.9. The fraction of sp³-hybridized carbons (Fsp3) is 0.417. The Labute approximate surface area is 90.4 Å². The molecule has 0 radical (unpaired) electrons. The maximum Gasteiger partial charge on any atom is 0.311 e. The quantitative estimate of drug-likeness (QED) is 0.730. The van der Waals surface area contributed by atoms with Gasteiger partial charge in [-0.05, 0) is 6.92 Å². The lowest BCUT2D eigenvalue weighted by Gasteiger charge is -2.10. The molecule has 0 aliphatic rings. The van der Waals surface area contributed by atoms with Crippen LogP contribution in [-0.2, 0) is 9.53 Å². The average molecular weight is 208 g/mol. The van der Waals surface area contributed by atoms with Crippen LogP contribution in [0, 0.1) is 0 Å². The number of benzene rings is 1. The number of carbonyl (C=O) groups is 1. The smallest absolute Gasteiger partial charge is 0.311 e. The molecule has 0 unspecified atom stereocenters. The Morgan fingerprint density at radius 3 is 2.67 bits per heavy atom. The van der Waals surface area contributed by atoms with E-state index in [4.69, 9.17) is 0 Å². The molecule has 0 saturated heterocycles. The Balaban J connectivity index is 2.31. The number of hydrogen-bond donors (Lipinski definition) is 1. The Morgan fingerprint density at radius 1 is 1.40 bits per heavy atom. The second-order valence-corrected chi connectivity index (χ2v) is 3.55. The molecule has 0 heterocycles. The first-order valence-electron chi connectivity index (χ1n) is 5.19. The molecule has 3 heteroatoms. The molecule has 1 rings (SSSR count). The van der Waals surface area contributed by atoms with Gasteiger partial charge >= 0.3 is 5.97 Å². The molecule has 0 bridgehead atoms. The molecule has 0 fully saturated rings. The van der Waals surface area contributed by atoms with Crippen LogP contribution in [0.2, 0.25) is 0 Å². The van der Waals surface area contributed by atoms with E-state index < -0.39 is 0 Å². The van der Waals surface area contributed by atoms with Crippen molar-refractivity contribution in [1.29, 1.82) is 0 Å². The van der Waals surface area contributed by atoms with Crippen LogP contribution in [0.15, 0.2) is 30.3 Å². The fourth-order valence-electron chi connectivity index (χ4n) is 1.45. The molecule has 0 aliphatic heterocycles. The zero-order valence-electron chi connectivity index (χ0n) is 9.27. The van der Waals surface area contributed by atoms with Crippen molar-refractivity contribution >= 4 is 5.97 Å². The van der Waals surface area contributed by atoms with E-state index in [0.29, 0.717) is 12.5 Å². The number of carbonyl (C=O) groups excluding carboxylic acids is 1. The first-order valence-corrected chi connectivity index (χ1v) is 5.19. The Hall–Kier alpha value is -1.35. The molecule has 82 valence electrons. The summed E-state index contributed by atoms with van der Waals surface area (Å²) >= 11 is 0. The molecule has 3 nitrogen and oxygen atoms in total. The van der Waals surface area contributed by atoms with Crippen LogP contribution in [-0.4, -0.2) is 19.6 Å². The second kappa shape index (κ2) is 6.19. The zero-order valence-corrected chi connectivity index (χ0v) is 9.27. The normalized spacial score (nSPS) is 12.1. The topological polar surface area (TPSA) is 42.9 Å². The predicted octanol–water partition coefficient (Wildman–Crippen LogP) is 0.874. The first-order chi connectivity index (χ1) is 7.24. The van der Waals surface area contributed by atoms with Gasteiger partial charge in [0.05, 0.1) is 20.1 Å². The van der Waals surface area contributed by atoms with Crippen molar-refractivity contribution in [2.24, 2.45) is 0 Å². The predicted molar refractivity (Wildman–Crippen MR) is 58.3 cm³/mol. The molecule has 0 aliphatic carbocycles. The number of nitrogens with two attached hydrogens (primary N) is 1. The molecular formula is C12H18NO2+. The van der Waals surface area contributed by atoms with Gasteiger partial charge in [0.1, 0.15) is 6.04 Å². The van der Waals surface area contributed by atoms with E-state index >= 15 is 0 Å². The van der Waals surface area contributed by atoms with Gasteiger partial charge in [0.15, 0.2) is 0 Å². The highest BCUT2D eigenvalue weighted by Gasteiger charge is 2.08. The average Bonchev–Trinajstić information content (AvgIpc) is 2.29. The van der Waals surface area contributed by atoms with Crippen molar-refractivity contribution in [2.45, 2.75) is 19.4 Å². The number of esters is 1. The maximum absolute atomic E-state index is 10.9. The number of rotatable bonds is 5. The van der Waals surface area contributed by atoms with Gasteiger partial charge in [-0.15, -0.1) is 0 Å². The lowest BCUT2D eigenvalue weighted by molar-refractivity contribution is -0.691. The van der Waals surface area contributed by atoms with E-state index in [2.05, 4.69) is 29.1 Å². The summed E-state index contributed by atoms with van der Waals surface area (Å²) in [6.07, 6.45) is 0.466. The van der Waals surface area contributed by atoms with Crippen molar-refractivity contribution in [3.63, 3.8) is 0 Å². The third-order valence-electron chi connectivity index (χ3n) is 2.42. The Morgan fingerprint density at radius 2 is 2.07 bits per heavy atom. The first kappa shape index (κ1) is 11.7. The minimum Gasteiger partial charge on any atom is -0.469 e. The van der Waals surface area contributed by atoms with Gasteiger partial charge in [0, 0.05) is 5.56 Å². The van der Waals surface area contributed by atoms with Crippen molar-refractivity contribution in [2.75, 3.05) is 13.7 Å². The van der Waals surface area contributed by atoms with Gasteiger partial charge < -0.3 is 10.1 Å². The monoisotopic (exact) mass is 208 g/mol. The summed E-state index contributed by atoms with van der Waals surface area (Å²) in [6.45, 7) is 2.90. The molecule has 1 atom stereocenters. The van der Waals surface area contributed by atoms with Gasteiger partial charge in [0.25, 0.3) is 0 Å². The summed E-state index contributed by atoms with van der Waals surface area (Å²) in [7, 11) is 1.42. The van der Waals surface area contributed by atoms with E-state index in [9.17, 15) is 4.79 Å². The van der Waals surface area contributed by atoms with Gasteiger partial charge in [0.2, 0.25) is 0 Å². The van der Waals surface area contributed by atoms with E-state index in [1.807, 2.05) is 18.2 Å². The molecule has 1 aromatic rings. The van der Waals surface area contributed by atoms with Crippen LogP contribution in [0.5, 0.6) is 0 Å². The highest BCUT2D eigenvalue weighted by atomic mass is 16.5. The molecule has 0 saturated carbocycles. The number of ether oxygens (including phenoxy) is 1. The largest absolute Gasteiger partial charge is 0.469 e. The second-order valence-electron chi connectivity index (χ2n) is 3.55. The number of quaternary nitrogens is 1. The van der Waals surface area contributed by atoms with Crippen molar-refractivity contribution in [1.82, 2.24) is 0 Å². The Bertz CT molecular complexity index is 298. The van der Waals surface area contributed by atoms with Crippen LogP contribution in [0.1, 0.15) is 24.9 Å². The van der Waals surface area contributed by atoms with Crippen LogP contribution in [0.3, 0.4) is 0 Å². The number of methoxy groups -OCH3 is 1. The van der Waals surface area contributed by atoms with E-state index in [1.165, 1.54) is 12.7 Å². The molecule has 2 N–H and O–H groups in total. The molecular weight excluding hydrogens is 190 g/mol. The summed E-state index contributed by atoms with van der Waals surface area (Å²) in [5, 5.41) is 2.15. The van der Waals surface area contributed by atoms with Crippen molar-refractivity contribution in [3.8, 4) is 0 Å². The lowest BCUT2D eigenvalue weighted by Crippen LogP contribution is -2.84. The van der Waals surface area contributed by atoms with E-state index in [-0.39, 0.29) is 5.97 Å². The molecule has 0 spiro atoms. The molecule has 15 heavy (non-hydrogen) atoms. The van der Waals surface area contributed by atoms with Crippen molar-refractivity contribution < 1.29 is 14.8 Å². The maximum atomic E-state index is 10.9. The SMILES string of the molecule is COC(=O)CC[NH2+][C@@H](C)c1ccccc1. The van der Waals surface area contributed by atoms with Crippen LogP contribution < -0.4 is 5.32 Å². The highest BCUT2D eigenvalue weighted by Crippen LogP contribution is 2.05. The Kier molecular flexibility index (Phi) is 4.84. The van der Waals surface area contributed by atoms with Gasteiger partial charge in [-0.2, -0.15) is 0 Å². The van der Waals surface area contributed by atoms with Crippen LogP contribution in [0.25, 0.3) is 0 Å². The third kappa shape index (κ3) is 4.13. The van der Waals surface area contributed by atoms with Gasteiger partial charge in [-0.25, -0.2) is 0 Å². The van der Waals surface area contributed by atoms with Gasteiger partial charge in [-0.3, -0.25) is 4.79 Å². The fourth-order valence-corrected chi connectivity index (χ4v) is 1.45. The standard InChI is InChI=1S/C12H17NO2/c1-10(11-6-4-3-5-7-11)13-9-8-12(14)15-2/h3-7,10,13H,8-9H2,1-2H3/p+1/t10-/m0/s1. The molecule has 0 aromatic heterocycles. The zero-order chi connectivity index (χ0) is 11.1. The molecule has 0 amide bonds.